The van der Waals surface area contributed by atoms with E-state index in [4.69, 9.17) is 9.47 Å². The highest BCUT2D eigenvalue weighted by Gasteiger charge is 2.21. The standard InChI is InChI=1S/C18H28N2O5S/c1-13(2)14(3)19-18(21)6-5-9-20(26(4,22)23)15-7-8-16-17(12-15)25-11-10-24-16/h7-8,12-14H,5-6,9-11H2,1-4H3,(H,19,21)/t14-/m1/s1. The van der Waals surface area contributed by atoms with Crippen LogP contribution in [0.2, 0.25) is 0 Å². The Morgan fingerprint density at radius 3 is 2.46 bits per heavy atom. The minimum atomic E-state index is -3.47. The predicted molar refractivity (Wildman–Crippen MR) is 101 cm³/mol. The summed E-state index contributed by atoms with van der Waals surface area (Å²) in [4.78, 5) is 12.0. The number of sulfonamides is 1. The zero-order valence-corrected chi connectivity index (χ0v) is 16.6. The molecule has 1 heterocycles. The third kappa shape index (κ3) is 5.52. The molecular formula is C18H28N2O5S. The highest BCUT2D eigenvalue weighted by atomic mass is 32.2. The van der Waals surface area contributed by atoms with Gasteiger partial charge in [0.25, 0.3) is 0 Å². The number of carbonyl (C=O) groups excluding carboxylic acids is 1. The largest absolute Gasteiger partial charge is 0.486 e. The summed E-state index contributed by atoms with van der Waals surface area (Å²) >= 11 is 0. The number of amides is 1. The number of carbonyl (C=O) groups is 1. The number of hydrogen-bond acceptors (Lipinski definition) is 5. The fraction of sp³-hybridized carbons (Fsp3) is 0.611. The molecule has 0 saturated carbocycles. The molecule has 0 saturated heterocycles. The molecule has 2 rings (SSSR count). The molecule has 0 aliphatic carbocycles. The Labute approximate surface area is 155 Å². The number of benzene rings is 1. The van der Waals surface area contributed by atoms with Crippen molar-refractivity contribution in [1.82, 2.24) is 5.32 Å². The van der Waals surface area contributed by atoms with Gasteiger partial charge in [-0.3, -0.25) is 9.10 Å². The van der Waals surface area contributed by atoms with E-state index in [1.54, 1.807) is 18.2 Å². The predicted octanol–water partition coefficient (Wildman–Crippen LogP) is 2.16. The van der Waals surface area contributed by atoms with Gasteiger partial charge in [-0.25, -0.2) is 8.42 Å². The van der Waals surface area contributed by atoms with E-state index in [1.807, 2.05) is 20.8 Å². The summed E-state index contributed by atoms with van der Waals surface area (Å²) in [5, 5.41) is 2.93. The second-order valence-corrected chi connectivity index (χ2v) is 8.77. The molecule has 1 aliphatic heterocycles. The number of anilines is 1. The Hall–Kier alpha value is -1.96. The lowest BCUT2D eigenvalue weighted by Gasteiger charge is -2.25. The molecule has 26 heavy (non-hydrogen) atoms. The highest BCUT2D eigenvalue weighted by Crippen LogP contribution is 2.34. The van der Waals surface area contributed by atoms with Crippen LogP contribution in [0, 0.1) is 5.92 Å². The van der Waals surface area contributed by atoms with Crippen molar-refractivity contribution in [3.8, 4) is 11.5 Å². The summed E-state index contributed by atoms with van der Waals surface area (Å²) in [6.07, 6.45) is 1.86. The Bertz CT molecular complexity index is 733. The van der Waals surface area contributed by atoms with Crippen LogP contribution in [0.4, 0.5) is 5.69 Å². The average Bonchev–Trinajstić information content (AvgIpc) is 2.57. The molecule has 0 aromatic heterocycles. The summed E-state index contributed by atoms with van der Waals surface area (Å²) in [5.41, 5.74) is 0.507. The summed E-state index contributed by atoms with van der Waals surface area (Å²) in [5.74, 6) is 1.42. The van der Waals surface area contributed by atoms with Gasteiger partial charge in [-0.2, -0.15) is 0 Å². The molecule has 8 heteroatoms. The topological polar surface area (TPSA) is 84.9 Å². The van der Waals surface area contributed by atoms with E-state index in [9.17, 15) is 13.2 Å². The first kappa shape index (κ1) is 20.4. The lowest BCUT2D eigenvalue weighted by molar-refractivity contribution is -0.122. The zero-order valence-electron chi connectivity index (χ0n) is 15.8. The van der Waals surface area contributed by atoms with Crippen LogP contribution < -0.4 is 19.1 Å². The molecule has 0 fully saturated rings. The molecule has 1 atom stereocenters. The van der Waals surface area contributed by atoms with E-state index in [1.165, 1.54) is 4.31 Å². The second-order valence-electron chi connectivity index (χ2n) is 6.87. The van der Waals surface area contributed by atoms with Crippen molar-refractivity contribution in [2.75, 3.05) is 30.3 Å². The maximum absolute atomic E-state index is 12.2. The third-order valence-electron chi connectivity index (χ3n) is 4.37. The monoisotopic (exact) mass is 384 g/mol. The van der Waals surface area contributed by atoms with Crippen LogP contribution in [-0.2, 0) is 14.8 Å². The molecule has 0 spiro atoms. The van der Waals surface area contributed by atoms with Gasteiger partial charge in [0.2, 0.25) is 15.9 Å². The summed E-state index contributed by atoms with van der Waals surface area (Å²) in [7, 11) is -3.47. The van der Waals surface area contributed by atoms with Crippen LogP contribution in [0.5, 0.6) is 11.5 Å². The third-order valence-corrected chi connectivity index (χ3v) is 5.56. The minimum absolute atomic E-state index is 0.0678. The van der Waals surface area contributed by atoms with Crippen LogP contribution in [0.1, 0.15) is 33.6 Å². The summed E-state index contributed by atoms with van der Waals surface area (Å²) < 4.78 is 36.7. The number of nitrogens with zero attached hydrogens (tertiary/aromatic N) is 1. The average molecular weight is 384 g/mol. The van der Waals surface area contributed by atoms with Crippen molar-refractivity contribution in [2.45, 2.75) is 39.7 Å². The quantitative estimate of drug-likeness (QED) is 0.742. The molecule has 0 radical (unpaired) electrons. The first-order chi connectivity index (χ1) is 12.2. The lowest BCUT2D eigenvalue weighted by Crippen LogP contribution is -2.37. The Kier molecular flexibility index (Phi) is 6.75. The van der Waals surface area contributed by atoms with Gasteiger partial charge in [-0.1, -0.05) is 13.8 Å². The van der Waals surface area contributed by atoms with Crippen molar-refractivity contribution >= 4 is 21.6 Å². The van der Waals surface area contributed by atoms with Gasteiger partial charge in [-0.15, -0.1) is 0 Å². The lowest BCUT2D eigenvalue weighted by atomic mass is 10.1. The minimum Gasteiger partial charge on any atom is -0.486 e. The molecule has 1 aliphatic rings. The summed E-state index contributed by atoms with van der Waals surface area (Å²) in [6, 6.07) is 5.15. The Balaban J connectivity index is 2.02. The van der Waals surface area contributed by atoms with Crippen molar-refractivity contribution in [3.63, 3.8) is 0 Å². The molecule has 7 nitrogen and oxygen atoms in total. The molecule has 0 bridgehead atoms. The fourth-order valence-corrected chi connectivity index (χ4v) is 3.51. The number of hydrogen-bond donors (Lipinski definition) is 1. The number of rotatable bonds is 8. The maximum Gasteiger partial charge on any atom is 0.232 e. The van der Waals surface area contributed by atoms with E-state index >= 15 is 0 Å². The van der Waals surface area contributed by atoms with Crippen molar-refractivity contribution in [1.29, 1.82) is 0 Å². The highest BCUT2D eigenvalue weighted by molar-refractivity contribution is 7.92. The normalized spacial score (nSPS) is 14.8. The van der Waals surface area contributed by atoms with Gasteiger partial charge in [0.05, 0.1) is 11.9 Å². The number of nitrogens with one attached hydrogen (secondary N) is 1. The van der Waals surface area contributed by atoms with E-state index in [0.717, 1.165) is 6.26 Å². The molecule has 1 aromatic rings. The molecule has 1 amide bonds. The van der Waals surface area contributed by atoms with Crippen LogP contribution in [-0.4, -0.2) is 46.4 Å². The van der Waals surface area contributed by atoms with Crippen molar-refractivity contribution < 1.29 is 22.7 Å². The first-order valence-corrected chi connectivity index (χ1v) is 10.7. The van der Waals surface area contributed by atoms with Crippen molar-refractivity contribution in [2.24, 2.45) is 5.92 Å². The van der Waals surface area contributed by atoms with Crippen LogP contribution >= 0.6 is 0 Å². The van der Waals surface area contributed by atoms with Crippen LogP contribution in [0.3, 0.4) is 0 Å². The Morgan fingerprint density at radius 2 is 1.85 bits per heavy atom. The van der Waals surface area contributed by atoms with Gasteiger partial charge in [-0.05, 0) is 31.4 Å². The van der Waals surface area contributed by atoms with E-state index < -0.39 is 10.0 Å². The van der Waals surface area contributed by atoms with Gasteiger partial charge >= 0.3 is 0 Å². The maximum atomic E-state index is 12.2. The van der Waals surface area contributed by atoms with Crippen LogP contribution in [0.25, 0.3) is 0 Å². The SMILES string of the molecule is CC(C)[C@@H](C)NC(=O)CCCN(c1ccc2c(c1)OCCO2)S(C)(=O)=O. The molecule has 0 unspecified atom stereocenters. The van der Waals surface area contributed by atoms with Gasteiger partial charge in [0, 0.05) is 25.1 Å². The van der Waals surface area contributed by atoms with E-state index in [-0.39, 0.29) is 24.9 Å². The van der Waals surface area contributed by atoms with E-state index in [2.05, 4.69) is 5.32 Å². The fourth-order valence-electron chi connectivity index (χ4n) is 2.55. The van der Waals surface area contributed by atoms with Crippen molar-refractivity contribution in [3.05, 3.63) is 18.2 Å². The smallest absolute Gasteiger partial charge is 0.232 e. The zero-order chi connectivity index (χ0) is 19.3. The summed E-state index contributed by atoms with van der Waals surface area (Å²) in [6.45, 7) is 7.18. The van der Waals surface area contributed by atoms with Gasteiger partial charge in [0.1, 0.15) is 13.2 Å². The number of fused-ring (bicyclic) bond motifs is 1. The van der Waals surface area contributed by atoms with Crippen LogP contribution in [0.15, 0.2) is 18.2 Å². The number of ether oxygens (including phenoxy) is 2. The van der Waals surface area contributed by atoms with Gasteiger partial charge in [0.15, 0.2) is 11.5 Å². The molecule has 1 aromatic carbocycles. The Morgan fingerprint density at radius 1 is 1.19 bits per heavy atom. The molecule has 1 N–H and O–H groups in total. The molecule has 146 valence electrons. The van der Waals surface area contributed by atoms with E-state index in [0.29, 0.717) is 42.7 Å². The molecular weight excluding hydrogens is 356 g/mol. The van der Waals surface area contributed by atoms with Gasteiger partial charge < -0.3 is 14.8 Å². The first-order valence-electron chi connectivity index (χ1n) is 8.85. The second kappa shape index (κ2) is 8.62.